The Morgan fingerprint density at radius 1 is 1.05 bits per heavy atom. The summed E-state index contributed by atoms with van der Waals surface area (Å²) in [6, 6.07) is 12.6. The van der Waals surface area contributed by atoms with E-state index in [2.05, 4.69) is 25.8 Å². The lowest BCUT2D eigenvalue weighted by molar-refractivity contribution is -0.124. The van der Waals surface area contributed by atoms with Crippen LogP contribution in [0.15, 0.2) is 77.2 Å². The minimum absolute atomic E-state index is 0.0150. The number of oxime groups is 1. The van der Waals surface area contributed by atoms with Crippen LogP contribution < -0.4 is 10.6 Å². The molecule has 3 aromatic rings. The maximum absolute atomic E-state index is 13.6. The van der Waals surface area contributed by atoms with Gasteiger partial charge in [0.05, 0.1) is 35.3 Å². The van der Waals surface area contributed by atoms with Gasteiger partial charge < -0.3 is 31.0 Å². The van der Waals surface area contributed by atoms with Crippen molar-refractivity contribution in [2.24, 2.45) is 11.1 Å². The Kier molecular flexibility index (Phi) is 11.6. The number of sulfonamides is 1. The fourth-order valence-corrected chi connectivity index (χ4v) is 5.98. The second-order valence-corrected chi connectivity index (χ2v) is 12.1. The van der Waals surface area contributed by atoms with Gasteiger partial charge >= 0.3 is 6.09 Å². The smallest absolute Gasteiger partial charge is 0.405 e. The first-order chi connectivity index (χ1) is 20.0. The van der Waals surface area contributed by atoms with Crippen LogP contribution in [0.5, 0.6) is 0 Å². The number of carbonyl (C=O) groups excluding carboxylic acids is 1. The van der Waals surface area contributed by atoms with E-state index in [1.54, 1.807) is 12.1 Å². The Labute approximate surface area is 244 Å². The van der Waals surface area contributed by atoms with Crippen molar-refractivity contribution in [3.05, 3.63) is 83.9 Å². The predicted molar refractivity (Wildman–Crippen MR) is 155 cm³/mol. The van der Waals surface area contributed by atoms with Gasteiger partial charge in [0.1, 0.15) is 6.04 Å². The first kappa shape index (κ1) is 32.2. The molecule has 226 valence electrons. The van der Waals surface area contributed by atoms with E-state index in [4.69, 9.17) is 5.21 Å². The Morgan fingerprint density at radius 3 is 2.31 bits per heavy atom. The van der Waals surface area contributed by atoms with Gasteiger partial charge in [-0.1, -0.05) is 61.5 Å². The number of carboxylic acid groups (broad SMARTS) is 1. The second-order valence-electron chi connectivity index (χ2n) is 10.2. The lowest BCUT2D eigenvalue weighted by Gasteiger charge is -2.31. The zero-order valence-corrected chi connectivity index (χ0v) is 24.1. The van der Waals surface area contributed by atoms with E-state index < -0.39 is 40.2 Å². The Hall–Kier alpha value is -4.27. The zero-order valence-electron chi connectivity index (χ0n) is 23.3. The average Bonchev–Trinajstić information content (AvgIpc) is 3.45. The van der Waals surface area contributed by atoms with E-state index >= 15 is 0 Å². The lowest BCUT2D eigenvalue weighted by atomic mass is 10.00. The number of H-pyrrole nitrogens is 1. The summed E-state index contributed by atoms with van der Waals surface area (Å²) in [5, 5.41) is 37.4. The van der Waals surface area contributed by atoms with Gasteiger partial charge in [0, 0.05) is 25.7 Å². The molecule has 2 amide bonds. The van der Waals surface area contributed by atoms with Gasteiger partial charge in [0.25, 0.3) is 0 Å². The molecule has 0 unspecified atom stereocenters. The van der Waals surface area contributed by atoms with Crippen molar-refractivity contribution in [2.75, 3.05) is 13.1 Å². The molecule has 0 saturated carbocycles. The number of aliphatic hydroxyl groups excluding tert-OH is 1. The average molecular weight is 601 g/mol. The number of nitrogens with zero attached hydrogens (tertiary/aromatic N) is 3. The van der Waals surface area contributed by atoms with Crippen molar-refractivity contribution in [1.82, 2.24) is 24.9 Å². The number of imidazole rings is 1. The minimum atomic E-state index is -4.07. The van der Waals surface area contributed by atoms with Gasteiger partial charge in [-0.15, -0.1) is 0 Å². The molecule has 0 saturated heterocycles. The van der Waals surface area contributed by atoms with Crippen LogP contribution in [0, 0.1) is 5.92 Å². The molecule has 3 atom stereocenters. The van der Waals surface area contributed by atoms with Crippen LogP contribution in [-0.4, -0.2) is 87.6 Å². The molecule has 2 aromatic carbocycles. The molecular weight excluding hydrogens is 564 g/mol. The minimum Gasteiger partial charge on any atom is -0.465 e. The van der Waals surface area contributed by atoms with Crippen LogP contribution in [0.2, 0.25) is 0 Å². The molecule has 14 heteroatoms. The van der Waals surface area contributed by atoms with Gasteiger partial charge in [-0.25, -0.2) is 18.2 Å². The molecule has 13 nitrogen and oxygen atoms in total. The molecule has 0 aliphatic heterocycles. The largest absolute Gasteiger partial charge is 0.465 e. The molecule has 0 fully saturated rings. The molecule has 0 aliphatic carbocycles. The Morgan fingerprint density at radius 2 is 1.74 bits per heavy atom. The van der Waals surface area contributed by atoms with Crippen LogP contribution >= 0.6 is 0 Å². The van der Waals surface area contributed by atoms with Gasteiger partial charge in [-0.3, -0.25) is 4.79 Å². The van der Waals surface area contributed by atoms with Gasteiger partial charge in [0.2, 0.25) is 15.9 Å². The van der Waals surface area contributed by atoms with E-state index in [-0.39, 0.29) is 36.7 Å². The number of hydrogen-bond acceptors (Lipinski definition) is 8. The summed E-state index contributed by atoms with van der Waals surface area (Å²) in [4.78, 5) is 31.6. The SMILES string of the molecule is CC(C)CN(C[C@@H](O)[C@H](Cc1ccccc1)NC(=O)[C@H](Cc1c[nH]cn1)NC(=O)O)S(=O)(=O)c1ccc(C=NO)cc1. The highest BCUT2D eigenvalue weighted by atomic mass is 32.2. The van der Waals surface area contributed by atoms with Crippen molar-refractivity contribution in [2.45, 2.75) is 49.8 Å². The number of nitrogens with one attached hydrogen (secondary N) is 3. The molecule has 1 heterocycles. The number of aromatic nitrogens is 2. The van der Waals surface area contributed by atoms with Crippen LogP contribution in [0.3, 0.4) is 0 Å². The fraction of sp³-hybridized carbons (Fsp3) is 0.357. The van der Waals surface area contributed by atoms with Crippen molar-refractivity contribution in [3.8, 4) is 0 Å². The number of hydrogen-bond donors (Lipinski definition) is 6. The number of amides is 2. The summed E-state index contributed by atoms with van der Waals surface area (Å²) in [6.07, 6.45) is 1.46. The number of aliphatic hydroxyl groups is 1. The topological polar surface area (TPSA) is 197 Å². The van der Waals surface area contributed by atoms with Gasteiger partial charge in [-0.2, -0.15) is 4.31 Å². The van der Waals surface area contributed by atoms with E-state index in [0.717, 1.165) is 5.56 Å². The third-order valence-corrected chi connectivity index (χ3v) is 8.20. The van der Waals surface area contributed by atoms with Crippen molar-refractivity contribution < 1.29 is 33.4 Å². The number of carbonyl (C=O) groups is 2. The van der Waals surface area contributed by atoms with Crippen molar-refractivity contribution in [3.63, 3.8) is 0 Å². The highest BCUT2D eigenvalue weighted by molar-refractivity contribution is 7.89. The van der Waals surface area contributed by atoms with Crippen LogP contribution in [-0.2, 0) is 27.7 Å². The zero-order chi connectivity index (χ0) is 30.7. The molecule has 42 heavy (non-hydrogen) atoms. The van der Waals surface area contributed by atoms with E-state index in [9.17, 15) is 28.2 Å². The standard InChI is InChI=1S/C28H36N6O7S/c1-19(2)16-34(42(40,41)23-10-8-21(9-11-23)14-31-39)17-26(35)24(12-20-6-4-3-5-7-20)32-27(36)25(33-28(37)38)13-22-15-29-18-30-22/h3-11,14-15,18-19,24-26,33,35,39H,12-13,16-17H2,1-2H3,(H,29,30)(H,32,36)(H,37,38)/t24-,25-,26+/m0/s1. The van der Waals surface area contributed by atoms with Crippen molar-refractivity contribution >= 4 is 28.2 Å². The maximum atomic E-state index is 13.6. The molecule has 6 N–H and O–H groups in total. The highest BCUT2D eigenvalue weighted by Crippen LogP contribution is 2.20. The molecule has 1 aromatic heterocycles. The summed E-state index contributed by atoms with van der Waals surface area (Å²) in [5.41, 5.74) is 1.72. The first-order valence-corrected chi connectivity index (χ1v) is 14.7. The summed E-state index contributed by atoms with van der Waals surface area (Å²) in [7, 11) is -4.07. The number of benzene rings is 2. The summed E-state index contributed by atoms with van der Waals surface area (Å²) >= 11 is 0. The summed E-state index contributed by atoms with van der Waals surface area (Å²) < 4.78 is 28.4. The first-order valence-electron chi connectivity index (χ1n) is 13.3. The summed E-state index contributed by atoms with van der Waals surface area (Å²) in [6.45, 7) is 3.44. The van der Waals surface area contributed by atoms with Crippen molar-refractivity contribution in [1.29, 1.82) is 0 Å². The Balaban J connectivity index is 1.88. The molecule has 3 rings (SSSR count). The highest BCUT2D eigenvalue weighted by Gasteiger charge is 2.33. The normalized spacial score (nSPS) is 14.1. The maximum Gasteiger partial charge on any atom is 0.405 e. The number of aromatic amines is 1. The monoisotopic (exact) mass is 600 g/mol. The quantitative estimate of drug-likeness (QED) is 0.0862. The van der Waals surface area contributed by atoms with Crippen LogP contribution in [0.4, 0.5) is 4.79 Å². The third kappa shape index (κ3) is 9.39. The second kappa shape index (κ2) is 15.1. The van der Waals surface area contributed by atoms with Gasteiger partial charge in [0.15, 0.2) is 0 Å². The third-order valence-electron chi connectivity index (χ3n) is 6.36. The van der Waals surface area contributed by atoms with E-state index in [1.165, 1.54) is 47.3 Å². The Bertz CT molecular complexity index is 1410. The molecule has 0 radical (unpaired) electrons. The van der Waals surface area contributed by atoms with E-state index in [0.29, 0.717) is 11.3 Å². The lowest BCUT2D eigenvalue weighted by Crippen LogP contribution is -2.56. The molecule has 0 bridgehead atoms. The van der Waals surface area contributed by atoms with Gasteiger partial charge in [-0.05, 0) is 35.6 Å². The fourth-order valence-electron chi connectivity index (χ4n) is 4.36. The molecule has 0 spiro atoms. The molecule has 0 aliphatic rings. The number of rotatable bonds is 15. The summed E-state index contributed by atoms with van der Waals surface area (Å²) in [5.74, 6) is -0.785. The van der Waals surface area contributed by atoms with E-state index in [1.807, 2.05) is 32.0 Å². The predicted octanol–water partition coefficient (Wildman–Crippen LogP) is 1.83. The van der Waals surface area contributed by atoms with Crippen LogP contribution in [0.1, 0.15) is 30.7 Å². The van der Waals surface area contributed by atoms with Crippen LogP contribution in [0.25, 0.3) is 0 Å². The molecular formula is C28H36N6O7S.